The number of aromatic nitrogens is 2. The lowest BCUT2D eigenvalue weighted by molar-refractivity contribution is 0.306. The number of hydrogen-bond donors (Lipinski definition) is 0. The topological polar surface area (TPSA) is 62.7 Å². The molecule has 0 aliphatic carbocycles. The largest absolute Gasteiger partial charge is 0.492 e. The predicted molar refractivity (Wildman–Crippen MR) is 356 cm³/mol. The number of nitrogens with zero attached hydrogens (tertiary/aromatic N) is 2. The zero-order valence-electron chi connectivity index (χ0n) is 52.6. The number of unbranched alkanes of at least 4 members (excludes halogenated alkanes) is 36. The molecule has 0 fully saturated rings. The summed E-state index contributed by atoms with van der Waals surface area (Å²) in [6.07, 6.45) is 51.6. The Hall–Kier alpha value is -4.84. The fraction of sp³-hybridized carbons (Fsp3) is 0.632. The number of fused-ring (bicyclic) bond motifs is 8. The Labute approximate surface area is 498 Å². The molecule has 6 aromatic carbocycles. The highest BCUT2D eigenvalue weighted by molar-refractivity contribution is 6.22. The van der Waals surface area contributed by atoms with E-state index in [1.54, 1.807) is 0 Å². The van der Waals surface area contributed by atoms with Crippen LogP contribution in [0.15, 0.2) is 72.8 Å². The number of rotatable bonds is 48. The Kier molecular flexibility index (Phi) is 30.7. The predicted octanol–water partition coefficient (Wildman–Crippen LogP) is 24.6. The molecule has 0 saturated carbocycles. The van der Waals surface area contributed by atoms with Crippen molar-refractivity contribution in [2.75, 3.05) is 26.4 Å². The lowest BCUT2D eigenvalue weighted by atomic mass is 9.97. The van der Waals surface area contributed by atoms with E-state index >= 15 is 0 Å². The second-order valence-electron chi connectivity index (χ2n) is 24.5. The average Bonchev–Trinajstić information content (AvgIpc) is 2.16. The van der Waals surface area contributed by atoms with E-state index in [9.17, 15) is 0 Å². The van der Waals surface area contributed by atoms with Gasteiger partial charge in [0.15, 0.2) is 0 Å². The fourth-order valence-electron chi connectivity index (χ4n) is 12.6. The van der Waals surface area contributed by atoms with Gasteiger partial charge in [0, 0.05) is 32.3 Å². The molecule has 0 aliphatic heterocycles. The first-order valence-electron chi connectivity index (χ1n) is 34.7. The van der Waals surface area contributed by atoms with E-state index in [0.29, 0.717) is 26.4 Å². The molecule has 0 bridgehead atoms. The summed E-state index contributed by atoms with van der Waals surface area (Å²) in [4.78, 5) is 11.4. The SMILES string of the molecule is CCCCCCCCCCCCOc1c2ccccc2c(OCCCCCCCCCCCC)c2c1ccc1nc3c(ccc4c(OCCCCCCCCCCCC)c5ccccc5c(OCCCCCCCCCCCC)c43)nc12. The van der Waals surface area contributed by atoms with Crippen LogP contribution in [0.3, 0.4) is 0 Å². The Bertz CT molecular complexity index is 2680. The minimum Gasteiger partial charge on any atom is -0.492 e. The summed E-state index contributed by atoms with van der Waals surface area (Å²) >= 11 is 0. The monoisotopic (exact) mass is 1120 g/mol. The van der Waals surface area contributed by atoms with Crippen LogP contribution in [-0.2, 0) is 0 Å². The van der Waals surface area contributed by atoms with Gasteiger partial charge in [-0.15, -0.1) is 0 Å². The maximum Gasteiger partial charge on any atom is 0.137 e. The van der Waals surface area contributed by atoms with Gasteiger partial charge in [0.2, 0.25) is 0 Å². The average molecular weight is 1120 g/mol. The van der Waals surface area contributed by atoms with Crippen molar-refractivity contribution in [3.8, 4) is 23.0 Å². The summed E-state index contributed by atoms with van der Waals surface area (Å²) in [5, 5.41) is 8.42. The van der Waals surface area contributed by atoms with Crippen molar-refractivity contribution in [1.29, 1.82) is 0 Å². The summed E-state index contributed by atoms with van der Waals surface area (Å²) < 4.78 is 28.1. The Morgan fingerprint density at radius 1 is 0.232 bits per heavy atom. The van der Waals surface area contributed by atoms with Crippen molar-refractivity contribution in [1.82, 2.24) is 9.97 Å². The van der Waals surface area contributed by atoms with Gasteiger partial charge >= 0.3 is 0 Å². The standard InChI is InChI=1S/C76H112N2O4/c1-5-9-13-17-21-25-29-33-37-45-57-79-73-61-49-41-43-51-63(61)75(81-59-47-39-35-31-27-23-19-15-11-7-3)69-65(73)53-55-67-71(69)77-68-56-54-66-70(72(68)78-67)76(82-60-48-40-36-32-28-24-20-16-12-8-4)64-52-44-42-50-62(64)74(66)80-58-46-38-34-30-26-22-18-14-10-6-2/h41-44,49-56H,5-40,45-48,57-60H2,1-4H3. The van der Waals surface area contributed by atoms with E-state index in [1.165, 1.54) is 231 Å². The van der Waals surface area contributed by atoms with Crippen LogP contribution in [-0.4, -0.2) is 36.4 Å². The van der Waals surface area contributed by atoms with Crippen LogP contribution in [0.25, 0.3) is 65.2 Å². The Balaban J connectivity index is 1.21. The molecular formula is C76H112N2O4. The summed E-state index contributed by atoms with van der Waals surface area (Å²) in [6, 6.07) is 26.3. The second-order valence-corrected chi connectivity index (χ2v) is 24.5. The van der Waals surface area contributed by atoms with Gasteiger partial charge in [0.25, 0.3) is 0 Å². The van der Waals surface area contributed by atoms with E-state index in [0.717, 1.165) is 114 Å². The third-order valence-electron chi connectivity index (χ3n) is 17.5. The van der Waals surface area contributed by atoms with Crippen LogP contribution in [0.4, 0.5) is 0 Å². The van der Waals surface area contributed by atoms with Gasteiger partial charge < -0.3 is 18.9 Å². The van der Waals surface area contributed by atoms with Gasteiger partial charge in [-0.25, -0.2) is 9.97 Å². The van der Waals surface area contributed by atoms with Crippen molar-refractivity contribution < 1.29 is 18.9 Å². The minimum atomic E-state index is 0.658. The van der Waals surface area contributed by atoms with Gasteiger partial charge in [-0.05, 0) is 49.9 Å². The minimum absolute atomic E-state index is 0.658. The van der Waals surface area contributed by atoms with Crippen molar-refractivity contribution >= 4 is 65.2 Å². The highest BCUT2D eigenvalue weighted by Gasteiger charge is 2.24. The summed E-state index contributed by atoms with van der Waals surface area (Å²) in [7, 11) is 0. The summed E-state index contributed by atoms with van der Waals surface area (Å²) in [5.74, 6) is 3.63. The first-order valence-corrected chi connectivity index (χ1v) is 34.7. The zero-order valence-corrected chi connectivity index (χ0v) is 52.6. The van der Waals surface area contributed by atoms with Crippen LogP contribution in [0, 0.1) is 0 Å². The molecule has 7 aromatic rings. The third-order valence-corrected chi connectivity index (χ3v) is 17.5. The van der Waals surface area contributed by atoms with E-state index < -0.39 is 0 Å². The molecule has 0 amide bonds. The molecule has 1 aromatic heterocycles. The molecule has 0 saturated heterocycles. The second kappa shape index (κ2) is 38.9. The molecule has 450 valence electrons. The number of hydrogen-bond acceptors (Lipinski definition) is 6. The number of benzene rings is 6. The normalized spacial score (nSPS) is 11.9. The van der Waals surface area contributed by atoms with E-state index in [4.69, 9.17) is 28.9 Å². The molecule has 82 heavy (non-hydrogen) atoms. The van der Waals surface area contributed by atoms with E-state index in [-0.39, 0.29) is 0 Å². The van der Waals surface area contributed by atoms with Crippen LogP contribution < -0.4 is 18.9 Å². The van der Waals surface area contributed by atoms with E-state index in [2.05, 4.69) is 100 Å². The van der Waals surface area contributed by atoms with Gasteiger partial charge in [-0.3, -0.25) is 0 Å². The Morgan fingerprint density at radius 3 is 0.707 bits per heavy atom. The zero-order chi connectivity index (χ0) is 57.1. The quantitative estimate of drug-likeness (QED) is 0.0215. The van der Waals surface area contributed by atoms with E-state index in [1.807, 2.05) is 0 Å². The fourth-order valence-corrected chi connectivity index (χ4v) is 12.6. The van der Waals surface area contributed by atoms with Gasteiger partial charge in [-0.2, -0.15) is 0 Å². The smallest absolute Gasteiger partial charge is 0.137 e. The molecular weight excluding hydrogens is 1000 g/mol. The molecule has 0 unspecified atom stereocenters. The molecule has 0 radical (unpaired) electrons. The summed E-state index contributed by atoms with van der Waals surface area (Å²) in [6.45, 7) is 11.9. The van der Waals surface area contributed by atoms with Crippen LogP contribution in [0.2, 0.25) is 0 Å². The molecule has 0 aliphatic rings. The third kappa shape index (κ3) is 20.2. The molecule has 6 nitrogen and oxygen atoms in total. The van der Waals surface area contributed by atoms with Gasteiger partial charge in [0.1, 0.15) is 34.0 Å². The molecule has 1 heterocycles. The molecule has 0 atom stereocenters. The van der Waals surface area contributed by atoms with Crippen molar-refractivity contribution in [2.24, 2.45) is 0 Å². The Morgan fingerprint density at radius 2 is 0.451 bits per heavy atom. The van der Waals surface area contributed by atoms with Crippen LogP contribution in [0.5, 0.6) is 23.0 Å². The first-order chi connectivity index (χ1) is 40.7. The van der Waals surface area contributed by atoms with Crippen molar-refractivity contribution in [3.05, 3.63) is 72.8 Å². The maximum absolute atomic E-state index is 7.08. The number of ether oxygens (including phenoxy) is 4. The van der Waals surface area contributed by atoms with Crippen LogP contribution >= 0.6 is 0 Å². The van der Waals surface area contributed by atoms with Gasteiger partial charge in [-0.1, -0.05) is 307 Å². The molecule has 6 heteroatoms. The van der Waals surface area contributed by atoms with Crippen molar-refractivity contribution in [2.45, 2.75) is 285 Å². The van der Waals surface area contributed by atoms with Crippen molar-refractivity contribution in [3.63, 3.8) is 0 Å². The summed E-state index contributed by atoms with van der Waals surface area (Å²) in [5.41, 5.74) is 3.38. The lowest BCUT2D eigenvalue weighted by Crippen LogP contribution is -2.04. The lowest BCUT2D eigenvalue weighted by Gasteiger charge is -2.20. The molecule has 0 N–H and O–H groups in total. The molecule has 0 spiro atoms. The highest BCUT2D eigenvalue weighted by atomic mass is 16.5. The maximum atomic E-state index is 7.08. The van der Waals surface area contributed by atoms with Gasteiger partial charge in [0.05, 0.1) is 48.2 Å². The highest BCUT2D eigenvalue weighted by Crippen LogP contribution is 2.48. The molecule has 7 rings (SSSR count). The van der Waals surface area contributed by atoms with Crippen LogP contribution in [0.1, 0.15) is 285 Å². The first kappa shape index (κ1) is 64.7.